The third-order valence-corrected chi connectivity index (χ3v) is 6.66. The average molecular weight is 548 g/mol. The molecule has 0 spiro atoms. The summed E-state index contributed by atoms with van der Waals surface area (Å²) in [4.78, 5) is 10.5. The molecule has 0 bridgehead atoms. The van der Waals surface area contributed by atoms with Crippen LogP contribution >= 0.6 is 46.9 Å². The van der Waals surface area contributed by atoms with E-state index in [1.165, 1.54) is 10.6 Å². The first-order valence-electron chi connectivity index (χ1n) is 9.77. The van der Waals surface area contributed by atoms with E-state index in [1.54, 1.807) is 18.4 Å². The predicted molar refractivity (Wildman–Crippen MR) is 138 cm³/mol. The first-order chi connectivity index (χ1) is 13.6. The summed E-state index contributed by atoms with van der Waals surface area (Å²) in [5, 5.41) is 9.79. The maximum absolute atomic E-state index is 6.56. The van der Waals surface area contributed by atoms with Crippen LogP contribution in [0.3, 0.4) is 0 Å². The monoisotopic (exact) mass is 547 g/mol. The van der Waals surface area contributed by atoms with Crippen LogP contribution in [0.15, 0.2) is 40.7 Å². The number of guanidine groups is 1. The summed E-state index contributed by atoms with van der Waals surface area (Å²) in [6.45, 7) is 7.91. The molecule has 1 aromatic carbocycles. The van der Waals surface area contributed by atoms with Crippen LogP contribution in [0, 0.1) is 0 Å². The van der Waals surface area contributed by atoms with E-state index in [0.717, 1.165) is 49.3 Å². The van der Waals surface area contributed by atoms with Crippen molar-refractivity contribution >= 4 is 58.6 Å². The minimum Gasteiger partial charge on any atom is -0.369 e. The van der Waals surface area contributed by atoms with Crippen molar-refractivity contribution in [2.75, 3.05) is 51.7 Å². The smallest absolute Gasteiger partial charge is 0.191 e. The molecular weight excluding hydrogens is 517 g/mol. The van der Waals surface area contributed by atoms with Crippen LogP contribution in [-0.4, -0.2) is 57.7 Å². The van der Waals surface area contributed by atoms with Gasteiger partial charge in [0.2, 0.25) is 0 Å². The number of rotatable bonds is 6. The van der Waals surface area contributed by atoms with Crippen molar-refractivity contribution in [3.63, 3.8) is 0 Å². The quantitative estimate of drug-likeness (QED) is 0.323. The zero-order valence-electron chi connectivity index (χ0n) is 17.3. The Bertz CT molecular complexity index is 775. The van der Waals surface area contributed by atoms with Gasteiger partial charge in [-0.25, -0.2) is 0 Å². The van der Waals surface area contributed by atoms with Gasteiger partial charge in [-0.1, -0.05) is 30.7 Å². The molecule has 3 rings (SSSR count). The number of piperazine rings is 1. The molecule has 1 aromatic heterocycles. The summed E-state index contributed by atoms with van der Waals surface area (Å²) >= 11 is 8.36. The van der Waals surface area contributed by atoms with Crippen LogP contribution in [0.25, 0.3) is 0 Å². The minimum atomic E-state index is 0. The van der Waals surface area contributed by atoms with E-state index in [4.69, 9.17) is 11.6 Å². The highest BCUT2D eigenvalue weighted by atomic mass is 127. The van der Waals surface area contributed by atoms with Gasteiger partial charge in [-0.05, 0) is 30.6 Å². The lowest BCUT2D eigenvalue weighted by Gasteiger charge is -2.35. The number of halogens is 2. The average Bonchev–Trinajstić information content (AvgIpc) is 3.24. The number of anilines is 1. The number of benzene rings is 1. The molecule has 0 aliphatic carbocycles. The molecule has 1 saturated heterocycles. The van der Waals surface area contributed by atoms with E-state index in [0.29, 0.717) is 12.5 Å². The molecule has 2 N–H and O–H groups in total. The number of aliphatic imine (C=N–C) groups is 1. The Morgan fingerprint density at radius 3 is 2.59 bits per heavy atom. The highest BCUT2D eigenvalue weighted by Gasteiger charge is 2.18. The zero-order chi connectivity index (χ0) is 19.9. The summed E-state index contributed by atoms with van der Waals surface area (Å²) in [5.74, 6) is 1.24. The van der Waals surface area contributed by atoms with Gasteiger partial charge in [-0.2, -0.15) is 0 Å². The van der Waals surface area contributed by atoms with Gasteiger partial charge in [0.15, 0.2) is 5.96 Å². The van der Waals surface area contributed by atoms with Gasteiger partial charge in [0.05, 0.1) is 0 Å². The Hall–Kier alpha value is -1.03. The lowest BCUT2D eigenvalue weighted by molar-refractivity contribution is 0.312. The molecule has 1 atom stereocenters. The number of hydrogen-bond acceptors (Lipinski definition) is 4. The van der Waals surface area contributed by atoms with Crippen molar-refractivity contribution < 1.29 is 0 Å². The van der Waals surface area contributed by atoms with E-state index >= 15 is 0 Å². The molecule has 1 aliphatic rings. The normalized spacial score (nSPS) is 16.3. The molecule has 0 radical (unpaired) electrons. The lowest BCUT2D eigenvalue weighted by Crippen LogP contribution is -2.45. The molecule has 1 aliphatic heterocycles. The van der Waals surface area contributed by atoms with E-state index in [9.17, 15) is 0 Å². The first-order valence-corrected chi connectivity index (χ1v) is 11.0. The van der Waals surface area contributed by atoms with Gasteiger partial charge in [-0.3, -0.25) is 4.99 Å². The van der Waals surface area contributed by atoms with Crippen molar-refractivity contribution in [3.8, 4) is 0 Å². The Kier molecular flexibility index (Phi) is 10.0. The standard InChI is InChI=1S/C21H30ClN5S.HI/c1-16(20-8-5-13-28-20)14-24-21(23-2)25-15-17-18(22)6-4-7-19(17)27-11-9-26(3)10-12-27;/h4-8,13,16H,9-12,14-15H2,1-3H3,(H2,23,24,25);1H. The maximum Gasteiger partial charge on any atom is 0.191 e. The van der Waals surface area contributed by atoms with E-state index in [2.05, 4.69) is 63.0 Å². The maximum atomic E-state index is 6.56. The molecule has 160 valence electrons. The van der Waals surface area contributed by atoms with Crippen LogP contribution in [-0.2, 0) is 6.54 Å². The minimum absolute atomic E-state index is 0. The van der Waals surface area contributed by atoms with Crippen molar-refractivity contribution in [1.29, 1.82) is 0 Å². The van der Waals surface area contributed by atoms with E-state index in [1.807, 2.05) is 12.1 Å². The number of nitrogens with zero attached hydrogens (tertiary/aromatic N) is 3. The van der Waals surface area contributed by atoms with E-state index in [-0.39, 0.29) is 24.0 Å². The van der Waals surface area contributed by atoms with Crippen molar-refractivity contribution in [3.05, 3.63) is 51.2 Å². The molecule has 0 saturated carbocycles. The molecule has 8 heteroatoms. The fraction of sp³-hybridized carbons (Fsp3) is 0.476. The van der Waals surface area contributed by atoms with Gasteiger partial charge in [-0.15, -0.1) is 35.3 Å². The summed E-state index contributed by atoms with van der Waals surface area (Å²) in [6.07, 6.45) is 0. The molecule has 2 heterocycles. The van der Waals surface area contributed by atoms with Crippen LogP contribution in [0.4, 0.5) is 5.69 Å². The van der Waals surface area contributed by atoms with Gasteiger partial charge >= 0.3 is 0 Å². The third-order valence-electron chi connectivity index (χ3n) is 5.20. The van der Waals surface area contributed by atoms with Gasteiger partial charge in [0.1, 0.15) is 0 Å². The highest BCUT2D eigenvalue weighted by Crippen LogP contribution is 2.28. The summed E-state index contributed by atoms with van der Waals surface area (Å²) in [7, 11) is 3.98. The van der Waals surface area contributed by atoms with Crippen LogP contribution in [0.5, 0.6) is 0 Å². The molecule has 29 heavy (non-hydrogen) atoms. The topological polar surface area (TPSA) is 42.9 Å². The third kappa shape index (κ3) is 6.73. The lowest BCUT2D eigenvalue weighted by atomic mass is 10.1. The van der Waals surface area contributed by atoms with Crippen molar-refractivity contribution in [2.24, 2.45) is 4.99 Å². The van der Waals surface area contributed by atoms with Gasteiger partial charge in [0, 0.05) is 73.4 Å². The Labute approximate surface area is 200 Å². The van der Waals surface area contributed by atoms with Crippen LogP contribution < -0.4 is 15.5 Å². The van der Waals surface area contributed by atoms with Crippen molar-refractivity contribution in [1.82, 2.24) is 15.5 Å². The Balaban J connectivity index is 0.00000300. The Morgan fingerprint density at radius 1 is 1.17 bits per heavy atom. The number of hydrogen-bond donors (Lipinski definition) is 2. The number of thiophene rings is 1. The molecule has 1 fully saturated rings. The molecule has 0 amide bonds. The van der Waals surface area contributed by atoms with Gasteiger partial charge < -0.3 is 20.4 Å². The fourth-order valence-corrected chi connectivity index (χ4v) is 4.40. The zero-order valence-corrected chi connectivity index (χ0v) is 21.2. The molecular formula is C21H31ClIN5S. The van der Waals surface area contributed by atoms with Crippen LogP contribution in [0.1, 0.15) is 23.3 Å². The summed E-state index contributed by atoms with van der Waals surface area (Å²) in [6, 6.07) is 10.5. The second kappa shape index (κ2) is 12.0. The SMILES string of the molecule is CN=C(NCc1c(Cl)cccc1N1CCN(C)CC1)NCC(C)c1cccs1.I. The molecule has 5 nitrogen and oxygen atoms in total. The van der Waals surface area contributed by atoms with E-state index < -0.39 is 0 Å². The second-order valence-corrected chi connectivity index (χ2v) is 8.64. The first kappa shape index (κ1) is 24.2. The molecule has 2 aromatic rings. The number of nitrogens with one attached hydrogen (secondary N) is 2. The Morgan fingerprint density at radius 2 is 1.93 bits per heavy atom. The molecule has 1 unspecified atom stereocenters. The second-order valence-electron chi connectivity index (χ2n) is 7.25. The highest BCUT2D eigenvalue weighted by molar-refractivity contribution is 14.0. The van der Waals surface area contributed by atoms with Crippen LogP contribution in [0.2, 0.25) is 5.02 Å². The predicted octanol–water partition coefficient (Wildman–Crippen LogP) is 4.24. The summed E-state index contributed by atoms with van der Waals surface area (Å²) in [5.41, 5.74) is 2.35. The summed E-state index contributed by atoms with van der Waals surface area (Å²) < 4.78 is 0. The van der Waals surface area contributed by atoms with Crippen molar-refractivity contribution in [2.45, 2.75) is 19.4 Å². The number of likely N-dealkylation sites (N-methyl/N-ethyl adjacent to an activating group) is 1. The largest absolute Gasteiger partial charge is 0.369 e. The van der Waals surface area contributed by atoms with Gasteiger partial charge in [0.25, 0.3) is 0 Å². The fourth-order valence-electron chi connectivity index (χ4n) is 3.38.